The largest absolute Gasteiger partial charge is 0.339 e. The number of nitrogens with zero attached hydrogens (tertiary/aromatic N) is 2. The third-order valence-electron chi connectivity index (χ3n) is 4.70. The molecule has 2 rings (SSSR count). The molecule has 0 aliphatic carbocycles. The molecule has 160 valence electrons. The second-order valence-electron chi connectivity index (χ2n) is 6.93. The number of nitrogens with one attached hydrogen (secondary N) is 2. The highest BCUT2D eigenvalue weighted by molar-refractivity contribution is 5.95. The lowest BCUT2D eigenvalue weighted by Gasteiger charge is -2.18. The molecule has 2 aromatic carbocycles. The summed E-state index contributed by atoms with van der Waals surface area (Å²) in [6.07, 6.45) is 0.158. The van der Waals surface area contributed by atoms with E-state index in [9.17, 15) is 14.4 Å². The number of urea groups is 1. The Labute approximate surface area is 178 Å². The van der Waals surface area contributed by atoms with Crippen LogP contribution in [-0.2, 0) is 11.3 Å². The van der Waals surface area contributed by atoms with E-state index in [0.29, 0.717) is 30.9 Å². The first-order valence-electron chi connectivity index (χ1n) is 10.2. The van der Waals surface area contributed by atoms with Crippen LogP contribution in [0, 0.1) is 0 Å². The van der Waals surface area contributed by atoms with Crippen LogP contribution >= 0.6 is 0 Å². The average Bonchev–Trinajstić information content (AvgIpc) is 2.75. The van der Waals surface area contributed by atoms with E-state index in [-0.39, 0.29) is 30.8 Å². The Morgan fingerprint density at radius 2 is 1.53 bits per heavy atom. The molecule has 2 aromatic rings. The van der Waals surface area contributed by atoms with Crippen molar-refractivity contribution >= 4 is 23.5 Å². The van der Waals surface area contributed by atoms with Gasteiger partial charge in [-0.25, -0.2) is 4.79 Å². The summed E-state index contributed by atoms with van der Waals surface area (Å²) in [5.41, 5.74) is 2.24. The summed E-state index contributed by atoms with van der Waals surface area (Å²) in [6, 6.07) is 16.3. The van der Waals surface area contributed by atoms with E-state index in [4.69, 9.17) is 0 Å². The molecule has 0 aliphatic rings. The Morgan fingerprint density at radius 3 is 2.13 bits per heavy atom. The molecule has 0 heterocycles. The predicted octanol–water partition coefficient (Wildman–Crippen LogP) is 3.34. The van der Waals surface area contributed by atoms with Crippen molar-refractivity contribution in [2.75, 3.05) is 32.0 Å². The lowest BCUT2D eigenvalue weighted by Crippen LogP contribution is -2.38. The molecule has 0 saturated heterocycles. The highest BCUT2D eigenvalue weighted by Crippen LogP contribution is 2.12. The second-order valence-corrected chi connectivity index (χ2v) is 6.93. The quantitative estimate of drug-likeness (QED) is 0.665. The maximum absolute atomic E-state index is 12.3. The van der Waals surface area contributed by atoms with Gasteiger partial charge in [-0.15, -0.1) is 0 Å². The number of benzene rings is 2. The van der Waals surface area contributed by atoms with Crippen molar-refractivity contribution < 1.29 is 14.4 Å². The van der Waals surface area contributed by atoms with Gasteiger partial charge in [-0.3, -0.25) is 9.59 Å². The normalized spacial score (nSPS) is 10.2. The minimum absolute atomic E-state index is 0.0276. The molecule has 0 radical (unpaired) electrons. The van der Waals surface area contributed by atoms with E-state index in [1.807, 2.05) is 44.2 Å². The maximum Gasteiger partial charge on any atom is 0.317 e. The van der Waals surface area contributed by atoms with Gasteiger partial charge in [0.25, 0.3) is 5.91 Å². The smallest absolute Gasteiger partial charge is 0.317 e. The maximum atomic E-state index is 12.3. The zero-order valence-electron chi connectivity index (χ0n) is 17.9. The molecule has 0 saturated carbocycles. The highest BCUT2D eigenvalue weighted by Gasteiger charge is 2.13. The van der Waals surface area contributed by atoms with Crippen LogP contribution in [0.25, 0.3) is 0 Å². The summed E-state index contributed by atoms with van der Waals surface area (Å²) in [7, 11) is 1.71. The second kappa shape index (κ2) is 11.6. The molecule has 0 spiro atoms. The Kier molecular flexibility index (Phi) is 8.87. The lowest BCUT2D eigenvalue weighted by atomic mass is 10.1. The van der Waals surface area contributed by atoms with Crippen molar-refractivity contribution in [2.24, 2.45) is 0 Å². The van der Waals surface area contributed by atoms with Crippen LogP contribution < -0.4 is 10.6 Å². The van der Waals surface area contributed by atoms with Gasteiger partial charge in [0.15, 0.2) is 0 Å². The molecule has 2 N–H and O–H groups in total. The number of carbonyl (C=O) groups is 3. The zero-order valence-corrected chi connectivity index (χ0v) is 17.9. The molecule has 4 amide bonds. The Hall–Kier alpha value is -3.35. The first kappa shape index (κ1) is 22.9. The monoisotopic (exact) mass is 410 g/mol. The molecular weight excluding hydrogens is 380 g/mol. The summed E-state index contributed by atoms with van der Waals surface area (Å²) >= 11 is 0. The lowest BCUT2D eigenvalue weighted by molar-refractivity contribution is -0.116. The standard InChI is InChI=1S/C23H30N4O3/c1-4-27(5-2)22(29)19-11-13-20(14-12-19)25-21(28)15-16-24-23(30)26(3)17-18-9-7-6-8-10-18/h6-14H,4-5,15-17H2,1-3H3,(H,24,30)(H,25,28). The number of anilines is 1. The van der Waals surface area contributed by atoms with Gasteiger partial charge < -0.3 is 20.4 Å². The van der Waals surface area contributed by atoms with Crippen LogP contribution in [0.15, 0.2) is 54.6 Å². The minimum atomic E-state index is -0.231. The van der Waals surface area contributed by atoms with Gasteiger partial charge in [-0.1, -0.05) is 30.3 Å². The van der Waals surface area contributed by atoms with Gasteiger partial charge in [0.05, 0.1) is 0 Å². The SMILES string of the molecule is CCN(CC)C(=O)c1ccc(NC(=O)CCNC(=O)N(C)Cc2ccccc2)cc1. The number of rotatable bonds is 9. The molecule has 0 fully saturated rings. The van der Waals surface area contributed by atoms with Crippen LogP contribution in [-0.4, -0.2) is 54.3 Å². The van der Waals surface area contributed by atoms with Crippen LogP contribution in [0.4, 0.5) is 10.5 Å². The van der Waals surface area contributed by atoms with Gasteiger partial charge in [0.2, 0.25) is 5.91 Å². The Balaban J connectivity index is 1.75. The first-order chi connectivity index (χ1) is 14.4. The van der Waals surface area contributed by atoms with Crippen molar-refractivity contribution in [1.29, 1.82) is 0 Å². The van der Waals surface area contributed by atoms with Gasteiger partial charge in [0, 0.05) is 50.9 Å². The first-order valence-corrected chi connectivity index (χ1v) is 10.2. The fourth-order valence-electron chi connectivity index (χ4n) is 2.96. The fourth-order valence-corrected chi connectivity index (χ4v) is 2.96. The minimum Gasteiger partial charge on any atom is -0.339 e. The number of hydrogen-bond acceptors (Lipinski definition) is 3. The average molecular weight is 411 g/mol. The number of hydrogen-bond donors (Lipinski definition) is 2. The van der Waals surface area contributed by atoms with E-state index in [0.717, 1.165) is 5.56 Å². The third kappa shape index (κ3) is 6.92. The Bertz CT molecular complexity index is 833. The summed E-state index contributed by atoms with van der Waals surface area (Å²) < 4.78 is 0. The molecule has 0 bridgehead atoms. The topological polar surface area (TPSA) is 81.8 Å². The van der Waals surface area contributed by atoms with Gasteiger partial charge in [0.1, 0.15) is 0 Å². The van der Waals surface area contributed by atoms with E-state index in [1.165, 1.54) is 0 Å². The van der Waals surface area contributed by atoms with Crippen LogP contribution in [0.2, 0.25) is 0 Å². The zero-order chi connectivity index (χ0) is 21.9. The van der Waals surface area contributed by atoms with Gasteiger partial charge in [-0.2, -0.15) is 0 Å². The molecule has 0 unspecified atom stereocenters. The van der Waals surface area contributed by atoms with Crippen molar-refractivity contribution in [3.63, 3.8) is 0 Å². The summed E-state index contributed by atoms with van der Waals surface area (Å²) in [5, 5.41) is 5.52. The van der Waals surface area contributed by atoms with Crippen molar-refractivity contribution in [3.05, 3.63) is 65.7 Å². The van der Waals surface area contributed by atoms with E-state index in [2.05, 4.69) is 10.6 Å². The molecule has 0 aromatic heterocycles. The van der Waals surface area contributed by atoms with Gasteiger partial charge in [-0.05, 0) is 43.7 Å². The van der Waals surface area contributed by atoms with Gasteiger partial charge >= 0.3 is 6.03 Å². The van der Waals surface area contributed by atoms with Crippen molar-refractivity contribution in [2.45, 2.75) is 26.8 Å². The third-order valence-corrected chi connectivity index (χ3v) is 4.70. The van der Waals surface area contributed by atoms with Crippen LogP contribution in [0.1, 0.15) is 36.2 Å². The van der Waals surface area contributed by atoms with Crippen molar-refractivity contribution in [3.8, 4) is 0 Å². The van der Waals surface area contributed by atoms with E-state index in [1.54, 1.807) is 41.1 Å². The predicted molar refractivity (Wildman–Crippen MR) is 118 cm³/mol. The summed E-state index contributed by atoms with van der Waals surface area (Å²) in [5.74, 6) is -0.232. The fraction of sp³-hybridized carbons (Fsp3) is 0.348. The molecule has 0 atom stereocenters. The Morgan fingerprint density at radius 1 is 0.900 bits per heavy atom. The molecule has 30 heavy (non-hydrogen) atoms. The number of carbonyl (C=O) groups excluding carboxylic acids is 3. The van der Waals surface area contributed by atoms with Crippen LogP contribution in [0.5, 0.6) is 0 Å². The molecular formula is C23H30N4O3. The summed E-state index contributed by atoms with van der Waals surface area (Å²) in [6.45, 7) is 5.92. The molecule has 7 nitrogen and oxygen atoms in total. The highest BCUT2D eigenvalue weighted by atomic mass is 16.2. The van der Waals surface area contributed by atoms with E-state index >= 15 is 0 Å². The van der Waals surface area contributed by atoms with Crippen LogP contribution in [0.3, 0.4) is 0 Å². The molecule has 0 aliphatic heterocycles. The van der Waals surface area contributed by atoms with Crippen molar-refractivity contribution in [1.82, 2.24) is 15.1 Å². The summed E-state index contributed by atoms with van der Waals surface area (Å²) in [4.78, 5) is 39.9. The molecule has 7 heteroatoms. The number of amides is 4. The van der Waals surface area contributed by atoms with E-state index < -0.39 is 0 Å².